The van der Waals surface area contributed by atoms with Crippen molar-refractivity contribution in [3.8, 4) is 0 Å². The van der Waals surface area contributed by atoms with Crippen molar-refractivity contribution in [2.75, 3.05) is 6.54 Å². The van der Waals surface area contributed by atoms with Gasteiger partial charge in [-0.25, -0.2) is 0 Å². The van der Waals surface area contributed by atoms with Crippen molar-refractivity contribution in [3.63, 3.8) is 0 Å². The zero-order valence-electron chi connectivity index (χ0n) is 6.12. The van der Waals surface area contributed by atoms with Crippen LogP contribution in [0.15, 0.2) is 4.99 Å². The quantitative estimate of drug-likeness (QED) is 0.465. The fourth-order valence-corrected chi connectivity index (χ4v) is 1.75. The number of hydrogen-bond acceptors (Lipinski definition) is 3. The van der Waals surface area contributed by atoms with E-state index < -0.39 is 0 Å². The molecule has 1 saturated carbocycles. The molecule has 2 rings (SSSR count). The van der Waals surface area contributed by atoms with E-state index in [0.29, 0.717) is 13.0 Å². The molecule has 3 heteroatoms. The van der Waals surface area contributed by atoms with Crippen LogP contribution in [-0.4, -0.2) is 24.3 Å². The van der Waals surface area contributed by atoms with Gasteiger partial charge in [0.25, 0.3) is 0 Å². The lowest BCUT2D eigenvalue weighted by atomic mass is 9.80. The molecule has 0 bridgehead atoms. The predicted molar refractivity (Wildman–Crippen MR) is 39.6 cm³/mol. The van der Waals surface area contributed by atoms with E-state index in [2.05, 4.69) is 4.99 Å². The van der Waals surface area contributed by atoms with Crippen LogP contribution in [0.4, 0.5) is 0 Å². The van der Waals surface area contributed by atoms with Gasteiger partial charge in [-0.15, -0.1) is 0 Å². The third-order valence-electron chi connectivity index (χ3n) is 2.36. The number of carbonyl (C=O) groups is 2. The molecule has 0 N–H and O–H groups in total. The minimum atomic E-state index is 0.0349. The highest BCUT2D eigenvalue weighted by atomic mass is 16.1. The number of Topliss-reactive ketones (excluding diaryl/α,β-unsaturated/α-hetero) is 2. The van der Waals surface area contributed by atoms with Crippen molar-refractivity contribution in [1.82, 2.24) is 0 Å². The maximum Gasteiger partial charge on any atom is 0.145 e. The first-order valence-electron chi connectivity index (χ1n) is 3.82. The Hall–Kier alpha value is -0.990. The summed E-state index contributed by atoms with van der Waals surface area (Å²) in [6.07, 6.45) is 2.43. The number of ketones is 2. The van der Waals surface area contributed by atoms with Gasteiger partial charge in [0.2, 0.25) is 0 Å². The molecule has 0 amide bonds. The van der Waals surface area contributed by atoms with E-state index in [1.165, 1.54) is 0 Å². The normalized spacial score (nSPS) is 36.0. The standard InChI is InChI=1S/C8H9NO2/c10-6-1-5-3-9-4-7(5)8(11)2-6/h3,5,7H,1-2,4H2. The van der Waals surface area contributed by atoms with Crippen LogP contribution in [0.3, 0.4) is 0 Å². The van der Waals surface area contributed by atoms with E-state index in [9.17, 15) is 9.59 Å². The number of hydrogen-bond donors (Lipinski definition) is 0. The molecule has 1 aliphatic carbocycles. The molecule has 1 fully saturated rings. The molecule has 2 unspecified atom stereocenters. The van der Waals surface area contributed by atoms with E-state index >= 15 is 0 Å². The van der Waals surface area contributed by atoms with Crippen LogP contribution in [0.1, 0.15) is 12.8 Å². The average molecular weight is 151 g/mol. The number of aliphatic imine (C=N–C) groups is 1. The molecule has 1 heterocycles. The Balaban J connectivity index is 2.20. The molecule has 1 aliphatic heterocycles. The zero-order valence-corrected chi connectivity index (χ0v) is 6.12. The minimum absolute atomic E-state index is 0.0349. The Labute approximate surface area is 64.5 Å². The second-order valence-electron chi connectivity index (χ2n) is 3.17. The zero-order chi connectivity index (χ0) is 7.84. The van der Waals surface area contributed by atoms with Gasteiger partial charge < -0.3 is 0 Å². The molecule has 0 saturated heterocycles. The Bertz CT molecular complexity index is 244. The van der Waals surface area contributed by atoms with Gasteiger partial charge in [0.1, 0.15) is 11.6 Å². The highest BCUT2D eigenvalue weighted by Gasteiger charge is 2.36. The summed E-state index contributed by atoms with van der Waals surface area (Å²) in [4.78, 5) is 26.1. The number of carbonyl (C=O) groups excluding carboxylic acids is 2. The molecule has 3 nitrogen and oxygen atoms in total. The lowest BCUT2D eigenvalue weighted by Crippen LogP contribution is -2.32. The predicted octanol–water partition coefficient (Wildman–Crippen LogP) is 0.235. The molecule has 0 aromatic rings. The summed E-state index contributed by atoms with van der Waals surface area (Å²) in [5, 5.41) is 0. The largest absolute Gasteiger partial charge is 0.299 e. The van der Waals surface area contributed by atoms with Crippen molar-refractivity contribution < 1.29 is 9.59 Å². The Morgan fingerprint density at radius 3 is 3.09 bits per heavy atom. The van der Waals surface area contributed by atoms with Crippen LogP contribution in [0.2, 0.25) is 0 Å². The lowest BCUT2D eigenvalue weighted by Gasteiger charge is -2.20. The maximum atomic E-state index is 11.2. The van der Waals surface area contributed by atoms with Crippen LogP contribution >= 0.6 is 0 Å². The van der Waals surface area contributed by atoms with Crippen LogP contribution in [0, 0.1) is 11.8 Å². The third kappa shape index (κ3) is 1.00. The highest BCUT2D eigenvalue weighted by molar-refractivity contribution is 6.05. The SMILES string of the molecule is O=C1CC(=O)C2CN=CC2C1. The Morgan fingerprint density at radius 2 is 2.27 bits per heavy atom. The average Bonchev–Trinajstić information content (AvgIpc) is 2.34. The Morgan fingerprint density at radius 1 is 1.45 bits per heavy atom. The summed E-state index contributed by atoms with van der Waals surface area (Å²) >= 11 is 0. The van der Waals surface area contributed by atoms with Gasteiger partial charge in [-0.05, 0) is 0 Å². The number of nitrogens with zero attached hydrogens (tertiary/aromatic N) is 1. The van der Waals surface area contributed by atoms with Gasteiger partial charge in [-0.1, -0.05) is 0 Å². The summed E-state index contributed by atoms with van der Waals surface area (Å²) < 4.78 is 0. The summed E-state index contributed by atoms with van der Waals surface area (Å²) in [5.41, 5.74) is 0. The summed E-state index contributed by atoms with van der Waals surface area (Å²) in [6.45, 7) is 0.608. The molecule has 0 radical (unpaired) electrons. The van der Waals surface area contributed by atoms with Crippen molar-refractivity contribution in [2.45, 2.75) is 12.8 Å². The van der Waals surface area contributed by atoms with Gasteiger partial charge in [0.05, 0.1) is 6.42 Å². The summed E-state index contributed by atoms with van der Waals surface area (Å²) in [6, 6.07) is 0. The van der Waals surface area contributed by atoms with Gasteiger partial charge in [0, 0.05) is 31.0 Å². The fraction of sp³-hybridized carbons (Fsp3) is 0.625. The number of rotatable bonds is 0. The first kappa shape index (κ1) is 6.70. The molecule has 0 aromatic carbocycles. The Kier molecular flexibility index (Phi) is 1.37. The molecular formula is C8H9NO2. The van der Waals surface area contributed by atoms with Crippen molar-refractivity contribution >= 4 is 17.8 Å². The highest BCUT2D eigenvalue weighted by Crippen LogP contribution is 2.27. The van der Waals surface area contributed by atoms with Crippen molar-refractivity contribution in [1.29, 1.82) is 0 Å². The van der Waals surface area contributed by atoms with Gasteiger partial charge in [-0.3, -0.25) is 14.6 Å². The molecular weight excluding hydrogens is 142 g/mol. The fourth-order valence-electron chi connectivity index (χ4n) is 1.75. The van der Waals surface area contributed by atoms with E-state index in [0.717, 1.165) is 0 Å². The summed E-state index contributed by atoms with van der Waals surface area (Å²) in [5.74, 6) is 0.324. The third-order valence-corrected chi connectivity index (χ3v) is 2.36. The number of fused-ring (bicyclic) bond motifs is 1. The van der Waals surface area contributed by atoms with Gasteiger partial charge in [0.15, 0.2) is 0 Å². The first-order chi connectivity index (χ1) is 5.27. The second kappa shape index (κ2) is 2.26. The van der Waals surface area contributed by atoms with Crippen LogP contribution in [0.25, 0.3) is 0 Å². The van der Waals surface area contributed by atoms with E-state index in [4.69, 9.17) is 0 Å². The molecule has 58 valence electrons. The van der Waals surface area contributed by atoms with Crippen LogP contribution in [-0.2, 0) is 9.59 Å². The maximum absolute atomic E-state index is 11.2. The van der Waals surface area contributed by atoms with Crippen molar-refractivity contribution in [3.05, 3.63) is 0 Å². The summed E-state index contributed by atoms with van der Waals surface area (Å²) in [7, 11) is 0. The smallest absolute Gasteiger partial charge is 0.145 e. The van der Waals surface area contributed by atoms with Gasteiger partial charge >= 0.3 is 0 Å². The topological polar surface area (TPSA) is 46.5 Å². The van der Waals surface area contributed by atoms with E-state index in [1.54, 1.807) is 6.21 Å². The first-order valence-corrected chi connectivity index (χ1v) is 3.82. The molecule has 0 aromatic heterocycles. The molecule has 2 aliphatic rings. The van der Waals surface area contributed by atoms with E-state index in [1.807, 2.05) is 0 Å². The van der Waals surface area contributed by atoms with Gasteiger partial charge in [-0.2, -0.15) is 0 Å². The van der Waals surface area contributed by atoms with Crippen molar-refractivity contribution in [2.24, 2.45) is 16.8 Å². The monoisotopic (exact) mass is 151 g/mol. The minimum Gasteiger partial charge on any atom is -0.299 e. The second-order valence-corrected chi connectivity index (χ2v) is 3.17. The van der Waals surface area contributed by atoms with E-state index in [-0.39, 0.29) is 29.8 Å². The van der Waals surface area contributed by atoms with Crippen LogP contribution in [0.5, 0.6) is 0 Å². The van der Waals surface area contributed by atoms with Crippen LogP contribution < -0.4 is 0 Å². The molecule has 2 atom stereocenters. The molecule has 11 heavy (non-hydrogen) atoms. The lowest BCUT2D eigenvalue weighted by molar-refractivity contribution is -0.133. The molecule has 0 spiro atoms.